The minimum Gasteiger partial charge on any atom is -0.456 e. The van der Waals surface area contributed by atoms with Gasteiger partial charge in [0.05, 0.1) is 5.56 Å². The van der Waals surface area contributed by atoms with Crippen LogP contribution in [-0.4, -0.2) is 12.3 Å². The third-order valence-corrected chi connectivity index (χ3v) is 3.86. The van der Waals surface area contributed by atoms with E-state index in [-0.39, 0.29) is 17.5 Å². The number of benzene rings is 2. The van der Waals surface area contributed by atoms with E-state index in [1.165, 1.54) is 24.5 Å². The van der Waals surface area contributed by atoms with Gasteiger partial charge in [0, 0.05) is 6.07 Å². The monoisotopic (exact) mass is 461 g/mol. The van der Waals surface area contributed by atoms with Crippen molar-refractivity contribution in [2.75, 3.05) is 5.32 Å². The van der Waals surface area contributed by atoms with E-state index in [0.29, 0.717) is 6.07 Å². The van der Waals surface area contributed by atoms with Crippen LogP contribution in [0.3, 0.4) is 0 Å². The molecule has 1 amide bonds. The molecule has 5 nitrogen and oxygen atoms in total. The Balaban J connectivity index is 1.96. The minimum atomic E-state index is -4.95. The van der Waals surface area contributed by atoms with Gasteiger partial charge in [0.25, 0.3) is 5.91 Å². The zero-order chi connectivity index (χ0) is 23.5. The summed E-state index contributed by atoms with van der Waals surface area (Å²) in [5.41, 5.74) is -2.07. The Hall–Kier alpha value is -3.83. The van der Waals surface area contributed by atoms with Gasteiger partial charge in [-0.3, -0.25) is 4.79 Å². The van der Waals surface area contributed by atoms with Crippen LogP contribution in [-0.2, 0) is 6.18 Å². The van der Waals surface area contributed by atoms with E-state index in [2.05, 4.69) is 15.0 Å². The SMILES string of the molecule is O=C(Nc1ccc[nH+]c1)c1c(F)cc(C(F)(F)F)cc1Oc1ccc(OC(F)(F)F)cc1. The molecule has 0 spiro atoms. The summed E-state index contributed by atoms with van der Waals surface area (Å²) in [7, 11) is 0. The van der Waals surface area contributed by atoms with Crippen LogP contribution >= 0.6 is 0 Å². The predicted molar refractivity (Wildman–Crippen MR) is 95.6 cm³/mol. The molecular weight excluding hydrogens is 449 g/mol. The number of hydrogen-bond acceptors (Lipinski definition) is 3. The maximum atomic E-state index is 14.6. The number of aromatic nitrogens is 1. The van der Waals surface area contributed by atoms with Crippen molar-refractivity contribution in [1.29, 1.82) is 0 Å². The number of H-pyrrole nitrogens is 1. The van der Waals surface area contributed by atoms with E-state index in [0.717, 1.165) is 24.3 Å². The number of halogens is 7. The lowest BCUT2D eigenvalue weighted by molar-refractivity contribution is -0.377. The van der Waals surface area contributed by atoms with Gasteiger partial charge in [-0.2, -0.15) is 13.2 Å². The molecule has 2 aromatic carbocycles. The highest BCUT2D eigenvalue weighted by Gasteiger charge is 2.34. The van der Waals surface area contributed by atoms with Crippen molar-refractivity contribution in [2.45, 2.75) is 12.5 Å². The van der Waals surface area contributed by atoms with Crippen molar-refractivity contribution in [2.24, 2.45) is 0 Å². The van der Waals surface area contributed by atoms with Crippen molar-refractivity contribution in [3.8, 4) is 17.2 Å². The molecule has 0 radical (unpaired) electrons. The Kier molecular flexibility index (Phi) is 6.23. The molecule has 0 bridgehead atoms. The molecule has 0 fully saturated rings. The maximum Gasteiger partial charge on any atom is 0.573 e. The first kappa shape index (κ1) is 22.8. The highest BCUT2D eigenvalue weighted by molar-refractivity contribution is 6.06. The fourth-order valence-corrected chi connectivity index (χ4v) is 2.55. The first-order chi connectivity index (χ1) is 14.9. The Bertz CT molecular complexity index is 1100. The fraction of sp³-hybridized carbons (Fsp3) is 0.100. The van der Waals surface area contributed by atoms with E-state index in [1.54, 1.807) is 0 Å². The van der Waals surface area contributed by atoms with E-state index >= 15 is 0 Å². The molecular formula is C20H12F7N2O3+. The van der Waals surface area contributed by atoms with Crippen molar-refractivity contribution in [3.05, 3.63) is 77.9 Å². The van der Waals surface area contributed by atoms with E-state index < -0.39 is 46.9 Å². The van der Waals surface area contributed by atoms with Gasteiger partial charge in [0.15, 0.2) is 12.4 Å². The molecule has 168 valence electrons. The van der Waals surface area contributed by atoms with Crippen molar-refractivity contribution < 1.29 is 50.0 Å². The lowest BCUT2D eigenvalue weighted by Crippen LogP contribution is -2.18. The van der Waals surface area contributed by atoms with Gasteiger partial charge in [-0.15, -0.1) is 13.2 Å². The van der Waals surface area contributed by atoms with Crippen LogP contribution in [0.2, 0.25) is 0 Å². The summed E-state index contributed by atoms with van der Waals surface area (Å²) in [6.45, 7) is 0. The molecule has 0 aliphatic heterocycles. The van der Waals surface area contributed by atoms with E-state index in [9.17, 15) is 35.5 Å². The number of pyridine rings is 1. The normalized spacial score (nSPS) is 11.7. The Morgan fingerprint density at radius 3 is 2.16 bits per heavy atom. The van der Waals surface area contributed by atoms with Crippen molar-refractivity contribution >= 4 is 11.6 Å². The third-order valence-electron chi connectivity index (χ3n) is 3.86. The van der Waals surface area contributed by atoms with E-state index in [4.69, 9.17) is 4.74 Å². The number of hydrogen-bond donors (Lipinski definition) is 1. The minimum absolute atomic E-state index is 0.138. The fourth-order valence-electron chi connectivity index (χ4n) is 2.55. The van der Waals surface area contributed by atoms with Crippen LogP contribution in [0.25, 0.3) is 0 Å². The standard InChI is InChI=1S/C20H11F7N2O3/c21-15-8-11(19(22,23)24)9-16(17(15)18(30)29-12-2-1-7-28-10-12)31-13-3-5-14(6-4-13)32-20(25,26)27/h1-10H,(H,29,30)/p+1. The number of rotatable bonds is 5. The molecule has 0 aliphatic carbocycles. The summed E-state index contributed by atoms with van der Waals surface area (Å²) in [4.78, 5) is 15.2. The lowest BCUT2D eigenvalue weighted by Gasteiger charge is -2.16. The summed E-state index contributed by atoms with van der Waals surface area (Å²) in [5.74, 6) is -4.29. The molecule has 1 aromatic heterocycles. The molecule has 3 rings (SSSR count). The number of amides is 1. The Morgan fingerprint density at radius 2 is 1.59 bits per heavy atom. The Morgan fingerprint density at radius 1 is 0.938 bits per heavy atom. The average molecular weight is 461 g/mol. The van der Waals surface area contributed by atoms with Crippen LogP contribution in [0, 0.1) is 5.82 Å². The highest BCUT2D eigenvalue weighted by atomic mass is 19.4. The molecule has 0 unspecified atom stereocenters. The second-order valence-corrected chi connectivity index (χ2v) is 6.20. The van der Waals surface area contributed by atoms with Gasteiger partial charge < -0.3 is 14.8 Å². The summed E-state index contributed by atoms with van der Waals surface area (Å²) < 4.78 is 99.6. The second kappa shape index (κ2) is 8.73. The average Bonchev–Trinajstić information content (AvgIpc) is 2.68. The summed E-state index contributed by atoms with van der Waals surface area (Å²) in [5, 5.41) is 2.30. The first-order valence-corrected chi connectivity index (χ1v) is 8.64. The smallest absolute Gasteiger partial charge is 0.456 e. The van der Waals surface area contributed by atoms with Gasteiger partial charge in [-0.25, -0.2) is 9.37 Å². The number of aromatic amines is 1. The van der Waals surface area contributed by atoms with Crippen LogP contribution in [0.4, 0.5) is 36.4 Å². The first-order valence-electron chi connectivity index (χ1n) is 8.64. The summed E-state index contributed by atoms with van der Waals surface area (Å²) in [6, 6.07) is 7.09. The van der Waals surface area contributed by atoms with Gasteiger partial charge in [-0.05, 0) is 42.5 Å². The zero-order valence-corrected chi connectivity index (χ0v) is 15.6. The number of carbonyl (C=O) groups excluding carboxylic acids is 1. The van der Waals surface area contributed by atoms with Crippen molar-refractivity contribution in [1.82, 2.24) is 0 Å². The van der Waals surface area contributed by atoms with Crippen molar-refractivity contribution in [3.63, 3.8) is 0 Å². The molecule has 2 N–H and O–H groups in total. The molecule has 12 heteroatoms. The number of carbonyl (C=O) groups is 1. The molecule has 0 aliphatic rings. The topological polar surface area (TPSA) is 61.7 Å². The number of nitrogens with one attached hydrogen (secondary N) is 2. The quantitative estimate of drug-likeness (QED) is 0.503. The number of ether oxygens (including phenoxy) is 2. The Labute approximate surface area is 175 Å². The molecule has 0 saturated heterocycles. The molecule has 1 heterocycles. The van der Waals surface area contributed by atoms with E-state index in [1.807, 2.05) is 0 Å². The zero-order valence-electron chi connectivity index (χ0n) is 15.6. The van der Waals surface area contributed by atoms with Gasteiger partial charge in [0.2, 0.25) is 0 Å². The summed E-state index contributed by atoms with van der Waals surface area (Å²) >= 11 is 0. The van der Waals surface area contributed by atoms with Crippen LogP contribution < -0.4 is 19.8 Å². The maximum absolute atomic E-state index is 14.6. The van der Waals surface area contributed by atoms with Gasteiger partial charge in [0.1, 0.15) is 34.3 Å². The molecule has 32 heavy (non-hydrogen) atoms. The number of alkyl halides is 6. The van der Waals surface area contributed by atoms with Crippen LogP contribution in [0.15, 0.2) is 60.9 Å². The largest absolute Gasteiger partial charge is 0.573 e. The molecule has 3 aromatic rings. The lowest BCUT2D eigenvalue weighted by atomic mass is 10.1. The third kappa shape index (κ3) is 5.86. The van der Waals surface area contributed by atoms with Crippen LogP contribution in [0.5, 0.6) is 17.2 Å². The second-order valence-electron chi connectivity index (χ2n) is 6.20. The highest BCUT2D eigenvalue weighted by Crippen LogP contribution is 2.37. The van der Waals surface area contributed by atoms with Gasteiger partial charge >= 0.3 is 12.5 Å². The predicted octanol–water partition coefficient (Wildman–Crippen LogP) is 5.60. The molecule has 0 atom stereocenters. The summed E-state index contributed by atoms with van der Waals surface area (Å²) in [6.07, 6.45) is -7.03. The van der Waals surface area contributed by atoms with Gasteiger partial charge in [-0.1, -0.05) is 0 Å². The molecule has 0 saturated carbocycles. The number of anilines is 1. The van der Waals surface area contributed by atoms with Crippen LogP contribution in [0.1, 0.15) is 15.9 Å².